The van der Waals surface area contributed by atoms with Crippen molar-refractivity contribution in [1.82, 2.24) is 15.5 Å². The maximum Gasteiger partial charge on any atom is 0.255 e. The number of benzene rings is 1. The zero-order chi connectivity index (χ0) is 19.9. The van der Waals surface area contributed by atoms with Gasteiger partial charge >= 0.3 is 0 Å². The highest BCUT2D eigenvalue weighted by molar-refractivity contribution is 5.79. The molecule has 0 heterocycles. The van der Waals surface area contributed by atoms with Crippen molar-refractivity contribution in [3.63, 3.8) is 0 Å². The summed E-state index contributed by atoms with van der Waals surface area (Å²) in [5, 5.41) is 6.58. The second-order valence-corrected chi connectivity index (χ2v) is 6.17. The summed E-state index contributed by atoms with van der Waals surface area (Å²) in [6.45, 7) is 6.71. The summed E-state index contributed by atoms with van der Waals surface area (Å²) in [5.74, 6) is 0.882. The molecule has 0 atom stereocenters. The summed E-state index contributed by atoms with van der Waals surface area (Å²) in [7, 11) is 3.82. The summed E-state index contributed by atoms with van der Waals surface area (Å²) in [5.41, 5.74) is 6.09. The lowest BCUT2D eigenvalue weighted by atomic mass is 10.2. The highest BCUT2D eigenvalue weighted by Gasteiger charge is 2.02. The monoisotopic (exact) mass is 379 g/mol. The molecular weight excluding hydrogens is 346 g/mol. The van der Waals surface area contributed by atoms with Crippen LogP contribution in [-0.4, -0.2) is 70.3 Å². The van der Waals surface area contributed by atoms with Crippen LogP contribution in [0.5, 0.6) is 5.75 Å². The fraction of sp³-hybridized carbons (Fsp3) is 0.579. The Balaban J connectivity index is 2.48. The van der Waals surface area contributed by atoms with Crippen molar-refractivity contribution < 1.29 is 14.3 Å². The third kappa shape index (κ3) is 11.1. The van der Waals surface area contributed by atoms with E-state index < -0.39 is 5.91 Å². The van der Waals surface area contributed by atoms with Crippen LogP contribution in [0.15, 0.2) is 29.3 Å². The fourth-order valence-electron chi connectivity index (χ4n) is 2.36. The first-order valence-electron chi connectivity index (χ1n) is 9.24. The quantitative estimate of drug-likeness (QED) is 0.263. The van der Waals surface area contributed by atoms with Gasteiger partial charge < -0.3 is 30.7 Å². The number of amides is 1. The topological polar surface area (TPSA) is 101 Å². The number of carbonyl (C=O) groups is 1. The van der Waals surface area contributed by atoms with Crippen molar-refractivity contribution in [2.75, 3.05) is 53.6 Å². The minimum atomic E-state index is -0.496. The van der Waals surface area contributed by atoms with Crippen molar-refractivity contribution >= 4 is 11.9 Å². The number of methoxy groups -OCH3 is 1. The van der Waals surface area contributed by atoms with E-state index >= 15 is 0 Å². The molecule has 1 aromatic carbocycles. The lowest BCUT2D eigenvalue weighted by Gasteiger charge is -2.18. The van der Waals surface area contributed by atoms with Crippen molar-refractivity contribution in [3.8, 4) is 5.75 Å². The Hall–Kier alpha value is -2.32. The number of likely N-dealkylation sites (N-methyl/N-ethyl adjacent to an activating group) is 1. The molecule has 0 radical (unpaired) electrons. The van der Waals surface area contributed by atoms with Gasteiger partial charge in [0, 0.05) is 39.9 Å². The van der Waals surface area contributed by atoms with Crippen LogP contribution in [0.25, 0.3) is 0 Å². The first-order valence-corrected chi connectivity index (χ1v) is 9.24. The van der Waals surface area contributed by atoms with Crippen LogP contribution >= 0.6 is 0 Å². The largest absolute Gasteiger partial charge is 0.484 e. The molecule has 0 aromatic heterocycles. The van der Waals surface area contributed by atoms with Gasteiger partial charge in [-0.25, -0.2) is 4.99 Å². The number of primary amides is 1. The maximum atomic E-state index is 10.8. The minimum absolute atomic E-state index is 0.130. The molecule has 4 N–H and O–H groups in total. The molecule has 1 rings (SSSR count). The number of rotatable bonds is 13. The number of nitrogens with one attached hydrogen (secondary N) is 2. The summed E-state index contributed by atoms with van der Waals surface area (Å²) < 4.78 is 10.4. The molecule has 8 heteroatoms. The van der Waals surface area contributed by atoms with E-state index in [9.17, 15) is 4.79 Å². The van der Waals surface area contributed by atoms with Gasteiger partial charge in [0.2, 0.25) is 0 Å². The highest BCUT2D eigenvalue weighted by atomic mass is 16.5. The van der Waals surface area contributed by atoms with E-state index in [4.69, 9.17) is 15.2 Å². The van der Waals surface area contributed by atoms with Crippen LogP contribution in [0.2, 0.25) is 0 Å². The second kappa shape index (κ2) is 13.8. The highest BCUT2D eigenvalue weighted by Crippen LogP contribution is 2.13. The molecule has 1 amide bonds. The second-order valence-electron chi connectivity index (χ2n) is 6.17. The zero-order valence-electron chi connectivity index (χ0n) is 16.7. The molecule has 0 unspecified atom stereocenters. The van der Waals surface area contributed by atoms with E-state index in [2.05, 4.69) is 27.6 Å². The number of guanidine groups is 1. The van der Waals surface area contributed by atoms with Crippen molar-refractivity contribution in [2.24, 2.45) is 10.7 Å². The van der Waals surface area contributed by atoms with Crippen LogP contribution in [-0.2, 0) is 16.1 Å². The number of ether oxygens (including phenoxy) is 2. The van der Waals surface area contributed by atoms with E-state index in [0.29, 0.717) is 12.3 Å². The van der Waals surface area contributed by atoms with E-state index in [1.807, 2.05) is 25.1 Å². The van der Waals surface area contributed by atoms with Crippen molar-refractivity contribution in [3.05, 3.63) is 29.8 Å². The Morgan fingerprint density at radius 1 is 1.30 bits per heavy atom. The normalized spacial score (nSPS) is 11.5. The minimum Gasteiger partial charge on any atom is -0.484 e. The molecule has 0 fully saturated rings. The molecule has 0 saturated carbocycles. The average molecular weight is 380 g/mol. The molecule has 152 valence electrons. The Labute approximate surface area is 162 Å². The SMILES string of the molecule is CCNC(=NCc1cccc(OCC(N)=O)c1)NCCN(C)CCCOC. The molecule has 0 aliphatic rings. The van der Waals surface area contributed by atoms with Crippen LogP contribution in [0.3, 0.4) is 0 Å². The van der Waals surface area contributed by atoms with Crippen LogP contribution < -0.4 is 21.1 Å². The van der Waals surface area contributed by atoms with Gasteiger partial charge in [0.05, 0.1) is 6.54 Å². The summed E-state index contributed by atoms with van der Waals surface area (Å²) in [6, 6.07) is 7.49. The Kier molecular flexibility index (Phi) is 11.6. The lowest BCUT2D eigenvalue weighted by molar-refractivity contribution is -0.119. The Morgan fingerprint density at radius 3 is 2.81 bits per heavy atom. The van der Waals surface area contributed by atoms with Crippen LogP contribution in [0.1, 0.15) is 18.9 Å². The number of nitrogens with two attached hydrogens (primary N) is 1. The van der Waals surface area contributed by atoms with Gasteiger partial charge in [-0.05, 0) is 38.1 Å². The van der Waals surface area contributed by atoms with E-state index in [0.717, 1.165) is 50.7 Å². The molecule has 8 nitrogen and oxygen atoms in total. The average Bonchev–Trinajstić information content (AvgIpc) is 2.65. The third-order valence-corrected chi connectivity index (χ3v) is 3.72. The molecule has 1 aromatic rings. The Morgan fingerprint density at radius 2 is 2.11 bits per heavy atom. The molecule has 0 aliphatic carbocycles. The van der Waals surface area contributed by atoms with Gasteiger partial charge in [0.25, 0.3) is 5.91 Å². The lowest BCUT2D eigenvalue weighted by Crippen LogP contribution is -2.41. The molecular formula is C19H33N5O3. The van der Waals surface area contributed by atoms with Crippen molar-refractivity contribution in [1.29, 1.82) is 0 Å². The number of nitrogens with zero attached hydrogens (tertiary/aromatic N) is 2. The maximum absolute atomic E-state index is 10.8. The number of hydrogen-bond acceptors (Lipinski definition) is 5. The van der Waals surface area contributed by atoms with Crippen LogP contribution in [0, 0.1) is 0 Å². The van der Waals surface area contributed by atoms with Gasteiger partial charge in [-0.2, -0.15) is 0 Å². The van der Waals surface area contributed by atoms with Crippen molar-refractivity contribution in [2.45, 2.75) is 19.9 Å². The molecule has 0 saturated heterocycles. The van der Waals surface area contributed by atoms with Gasteiger partial charge in [0.15, 0.2) is 12.6 Å². The predicted molar refractivity (Wildman–Crippen MR) is 108 cm³/mol. The third-order valence-electron chi connectivity index (χ3n) is 3.72. The summed E-state index contributed by atoms with van der Waals surface area (Å²) >= 11 is 0. The number of hydrogen-bond donors (Lipinski definition) is 3. The van der Waals surface area contributed by atoms with Gasteiger partial charge in [-0.3, -0.25) is 4.79 Å². The number of carbonyl (C=O) groups excluding carboxylic acids is 1. The van der Waals surface area contributed by atoms with E-state index in [1.54, 1.807) is 13.2 Å². The Bertz CT molecular complexity index is 580. The smallest absolute Gasteiger partial charge is 0.255 e. The number of aliphatic imine (C=N–C) groups is 1. The standard InChI is InChI=1S/C19H33N5O3/c1-4-21-19(22-9-11-24(2)10-6-12-26-3)23-14-16-7-5-8-17(13-16)27-15-18(20)25/h5,7-8,13H,4,6,9-12,14-15H2,1-3H3,(H2,20,25)(H2,21,22,23). The van der Waals surface area contributed by atoms with Gasteiger partial charge in [-0.1, -0.05) is 12.1 Å². The predicted octanol–water partition coefficient (Wildman–Crippen LogP) is 0.574. The first-order chi connectivity index (χ1) is 13.0. The van der Waals surface area contributed by atoms with Gasteiger partial charge in [-0.15, -0.1) is 0 Å². The first kappa shape index (κ1) is 22.7. The zero-order valence-corrected chi connectivity index (χ0v) is 16.7. The van der Waals surface area contributed by atoms with Gasteiger partial charge in [0.1, 0.15) is 5.75 Å². The summed E-state index contributed by atoms with van der Waals surface area (Å²) in [4.78, 5) is 17.7. The fourth-order valence-corrected chi connectivity index (χ4v) is 2.36. The molecule has 0 aliphatic heterocycles. The molecule has 0 bridgehead atoms. The molecule has 27 heavy (non-hydrogen) atoms. The van der Waals surface area contributed by atoms with Crippen LogP contribution in [0.4, 0.5) is 0 Å². The summed E-state index contributed by atoms with van der Waals surface area (Å²) in [6.07, 6.45) is 1.02. The van der Waals surface area contributed by atoms with E-state index in [-0.39, 0.29) is 6.61 Å². The molecule has 0 spiro atoms. The van der Waals surface area contributed by atoms with E-state index in [1.165, 1.54) is 0 Å².